The van der Waals surface area contributed by atoms with E-state index in [1.165, 1.54) is 5.57 Å². The SMILES string of the molecule is C/C=C\C(=C/C)CNc1cncc(-c2nccc(Nc3cc(C)[nH]n3)n2)c1. The molecule has 0 saturated carbocycles. The summed E-state index contributed by atoms with van der Waals surface area (Å²) in [5, 5.41) is 13.6. The summed E-state index contributed by atoms with van der Waals surface area (Å²) >= 11 is 0. The van der Waals surface area contributed by atoms with Crippen molar-refractivity contribution in [3.63, 3.8) is 0 Å². The molecular formula is C20H23N7. The lowest BCUT2D eigenvalue weighted by Crippen LogP contribution is -2.04. The number of nitrogens with zero attached hydrogens (tertiary/aromatic N) is 4. The second-order valence-electron chi connectivity index (χ2n) is 6.01. The van der Waals surface area contributed by atoms with Crippen molar-refractivity contribution in [3.05, 3.63) is 66.3 Å². The van der Waals surface area contributed by atoms with E-state index < -0.39 is 0 Å². The van der Waals surface area contributed by atoms with Gasteiger partial charge >= 0.3 is 0 Å². The van der Waals surface area contributed by atoms with E-state index in [0.29, 0.717) is 17.5 Å². The van der Waals surface area contributed by atoms with Gasteiger partial charge in [0.15, 0.2) is 11.6 Å². The smallest absolute Gasteiger partial charge is 0.163 e. The minimum absolute atomic E-state index is 0.600. The van der Waals surface area contributed by atoms with Crippen molar-refractivity contribution in [2.75, 3.05) is 17.2 Å². The second kappa shape index (κ2) is 8.75. The zero-order valence-corrected chi connectivity index (χ0v) is 15.7. The highest BCUT2D eigenvalue weighted by atomic mass is 15.2. The van der Waals surface area contributed by atoms with Gasteiger partial charge in [0.2, 0.25) is 0 Å². The van der Waals surface area contributed by atoms with Gasteiger partial charge < -0.3 is 10.6 Å². The van der Waals surface area contributed by atoms with E-state index in [1.807, 2.05) is 39.0 Å². The second-order valence-corrected chi connectivity index (χ2v) is 6.01. The van der Waals surface area contributed by atoms with Gasteiger partial charge in [-0.2, -0.15) is 5.10 Å². The molecule has 0 aromatic carbocycles. The molecule has 0 aliphatic carbocycles. The predicted molar refractivity (Wildman–Crippen MR) is 109 cm³/mol. The van der Waals surface area contributed by atoms with Crippen LogP contribution in [0.5, 0.6) is 0 Å². The summed E-state index contributed by atoms with van der Waals surface area (Å²) in [7, 11) is 0. The third-order valence-corrected chi connectivity index (χ3v) is 3.86. The van der Waals surface area contributed by atoms with Crippen LogP contribution in [-0.4, -0.2) is 31.7 Å². The Bertz CT molecular complexity index is 956. The number of anilines is 3. The van der Waals surface area contributed by atoms with E-state index in [-0.39, 0.29) is 0 Å². The maximum atomic E-state index is 4.56. The zero-order chi connectivity index (χ0) is 19.1. The average molecular weight is 361 g/mol. The molecule has 0 atom stereocenters. The fraction of sp³-hybridized carbons (Fsp3) is 0.200. The molecule has 0 spiro atoms. The number of hydrogen-bond acceptors (Lipinski definition) is 6. The maximum Gasteiger partial charge on any atom is 0.163 e. The Morgan fingerprint density at radius 2 is 2.07 bits per heavy atom. The van der Waals surface area contributed by atoms with Gasteiger partial charge in [-0.3, -0.25) is 10.1 Å². The van der Waals surface area contributed by atoms with Gasteiger partial charge in [-0.25, -0.2) is 9.97 Å². The molecule has 0 bridgehead atoms. The molecular weight excluding hydrogens is 338 g/mol. The van der Waals surface area contributed by atoms with Gasteiger partial charge in [0.1, 0.15) is 5.82 Å². The number of aromatic amines is 1. The normalized spacial score (nSPS) is 11.7. The first-order valence-electron chi connectivity index (χ1n) is 8.77. The number of H-pyrrole nitrogens is 1. The molecule has 3 heterocycles. The van der Waals surface area contributed by atoms with Crippen molar-refractivity contribution in [2.24, 2.45) is 0 Å². The van der Waals surface area contributed by atoms with Crippen LogP contribution in [0, 0.1) is 6.92 Å². The number of nitrogens with one attached hydrogen (secondary N) is 3. The Labute approximate surface area is 158 Å². The first kappa shape index (κ1) is 18.3. The highest BCUT2D eigenvalue weighted by molar-refractivity contribution is 5.63. The number of rotatable bonds is 7. The van der Waals surface area contributed by atoms with Crippen molar-refractivity contribution in [1.82, 2.24) is 25.1 Å². The Balaban J connectivity index is 1.75. The third kappa shape index (κ3) is 5.01. The summed E-state index contributed by atoms with van der Waals surface area (Å²) < 4.78 is 0. The van der Waals surface area contributed by atoms with Gasteiger partial charge in [0, 0.05) is 42.5 Å². The largest absolute Gasteiger partial charge is 0.380 e. The Morgan fingerprint density at radius 1 is 1.19 bits per heavy atom. The minimum Gasteiger partial charge on any atom is -0.380 e. The van der Waals surface area contributed by atoms with Crippen LogP contribution >= 0.6 is 0 Å². The van der Waals surface area contributed by atoms with E-state index in [2.05, 4.69) is 47.9 Å². The van der Waals surface area contributed by atoms with Gasteiger partial charge in [0.25, 0.3) is 0 Å². The summed E-state index contributed by atoms with van der Waals surface area (Å²) in [5.74, 6) is 1.99. The fourth-order valence-electron chi connectivity index (χ4n) is 2.51. The minimum atomic E-state index is 0.600. The molecule has 3 N–H and O–H groups in total. The molecule has 3 aromatic heterocycles. The topological polar surface area (TPSA) is 91.4 Å². The fourth-order valence-corrected chi connectivity index (χ4v) is 2.51. The first-order valence-corrected chi connectivity index (χ1v) is 8.77. The van der Waals surface area contributed by atoms with Crippen LogP contribution in [0.2, 0.25) is 0 Å². The summed E-state index contributed by atoms with van der Waals surface area (Å²) in [4.78, 5) is 13.2. The molecule has 138 valence electrons. The van der Waals surface area contributed by atoms with E-state index in [4.69, 9.17) is 0 Å². The highest BCUT2D eigenvalue weighted by Gasteiger charge is 2.06. The summed E-state index contributed by atoms with van der Waals surface area (Å²) in [6, 6.07) is 5.71. The van der Waals surface area contributed by atoms with Crippen molar-refractivity contribution in [1.29, 1.82) is 0 Å². The monoisotopic (exact) mass is 361 g/mol. The molecule has 0 aliphatic rings. The third-order valence-electron chi connectivity index (χ3n) is 3.86. The lowest BCUT2D eigenvalue weighted by atomic mass is 10.2. The molecule has 0 saturated heterocycles. The van der Waals surface area contributed by atoms with Crippen molar-refractivity contribution < 1.29 is 0 Å². The van der Waals surface area contributed by atoms with Crippen LogP contribution in [0.1, 0.15) is 19.5 Å². The number of pyridine rings is 1. The lowest BCUT2D eigenvalue weighted by Gasteiger charge is -2.09. The highest BCUT2D eigenvalue weighted by Crippen LogP contribution is 2.20. The van der Waals surface area contributed by atoms with Gasteiger partial charge in [-0.15, -0.1) is 0 Å². The molecule has 0 unspecified atom stereocenters. The molecule has 3 aromatic rings. The number of aromatic nitrogens is 5. The summed E-state index contributed by atoms with van der Waals surface area (Å²) in [6.45, 7) is 6.71. The number of allylic oxidation sites excluding steroid dienone is 2. The average Bonchev–Trinajstić information content (AvgIpc) is 3.10. The van der Waals surface area contributed by atoms with Gasteiger partial charge in [-0.05, 0) is 38.5 Å². The lowest BCUT2D eigenvalue weighted by molar-refractivity contribution is 1.05. The quantitative estimate of drug-likeness (QED) is 0.545. The predicted octanol–water partition coefficient (Wildman–Crippen LogP) is 4.25. The molecule has 7 nitrogen and oxygen atoms in total. The van der Waals surface area contributed by atoms with E-state index >= 15 is 0 Å². The Hall–Kier alpha value is -3.48. The summed E-state index contributed by atoms with van der Waals surface area (Å²) in [6.07, 6.45) is 11.5. The molecule has 27 heavy (non-hydrogen) atoms. The van der Waals surface area contributed by atoms with Crippen LogP contribution in [0.4, 0.5) is 17.3 Å². The maximum absolute atomic E-state index is 4.56. The molecule has 3 rings (SSSR count). The standard InChI is InChI=1S/C20H23N7/c1-4-6-15(5-2)11-23-17-10-16(12-21-13-17)20-22-8-7-18(25-20)24-19-9-14(3)26-27-19/h4-10,12-13,23H,11H2,1-3H3,(H2,22,24,25,26,27)/b6-4-,15-5+. The summed E-state index contributed by atoms with van der Waals surface area (Å²) in [5.41, 5.74) is 3.95. The molecule has 0 aliphatic heterocycles. The van der Waals surface area contributed by atoms with Crippen molar-refractivity contribution in [2.45, 2.75) is 20.8 Å². The van der Waals surface area contributed by atoms with Crippen LogP contribution in [0.3, 0.4) is 0 Å². The van der Waals surface area contributed by atoms with Crippen molar-refractivity contribution in [3.8, 4) is 11.4 Å². The van der Waals surface area contributed by atoms with Crippen LogP contribution in [-0.2, 0) is 0 Å². The van der Waals surface area contributed by atoms with E-state index in [0.717, 1.165) is 23.5 Å². The van der Waals surface area contributed by atoms with E-state index in [1.54, 1.807) is 24.7 Å². The zero-order valence-electron chi connectivity index (χ0n) is 15.7. The van der Waals surface area contributed by atoms with Gasteiger partial charge in [-0.1, -0.05) is 18.2 Å². The van der Waals surface area contributed by atoms with Gasteiger partial charge in [0.05, 0.1) is 5.69 Å². The number of aryl methyl sites for hydroxylation is 1. The number of hydrogen-bond donors (Lipinski definition) is 3. The Morgan fingerprint density at radius 3 is 2.81 bits per heavy atom. The van der Waals surface area contributed by atoms with Crippen LogP contribution in [0.15, 0.2) is 60.6 Å². The van der Waals surface area contributed by atoms with Crippen molar-refractivity contribution >= 4 is 17.3 Å². The van der Waals surface area contributed by atoms with Crippen LogP contribution < -0.4 is 10.6 Å². The first-order chi connectivity index (χ1) is 13.2. The van der Waals surface area contributed by atoms with E-state index in [9.17, 15) is 0 Å². The molecule has 0 radical (unpaired) electrons. The Kier molecular flexibility index (Phi) is 5.94. The molecule has 7 heteroatoms. The molecule has 0 amide bonds. The van der Waals surface area contributed by atoms with Crippen LogP contribution in [0.25, 0.3) is 11.4 Å². The molecule has 0 fully saturated rings.